The smallest absolute Gasteiger partial charge is 0.257 e. The average Bonchev–Trinajstić information content (AvgIpc) is 2.73. The summed E-state index contributed by atoms with van der Waals surface area (Å²) in [5.74, 6) is -0.0752. The van der Waals surface area contributed by atoms with Crippen LogP contribution in [0.3, 0.4) is 0 Å². The quantitative estimate of drug-likeness (QED) is 0.844. The predicted molar refractivity (Wildman–Crippen MR) is 101 cm³/mol. The van der Waals surface area contributed by atoms with Crippen molar-refractivity contribution >= 4 is 11.8 Å². The van der Waals surface area contributed by atoms with E-state index in [2.05, 4.69) is 27.2 Å². The number of nitrogens with one attached hydrogen (secondary N) is 1. The molecule has 142 valence electrons. The van der Waals surface area contributed by atoms with Gasteiger partial charge in [-0.3, -0.25) is 14.6 Å². The first-order valence-corrected chi connectivity index (χ1v) is 9.44. The summed E-state index contributed by atoms with van der Waals surface area (Å²) in [5.41, 5.74) is 2.22. The third-order valence-electron chi connectivity index (χ3n) is 4.83. The van der Waals surface area contributed by atoms with Gasteiger partial charge in [0.1, 0.15) is 6.33 Å². The molecular weight excluding hydrogens is 342 g/mol. The van der Waals surface area contributed by atoms with Crippen LogP contribution in [0.2, 0.25) is 0 Å². The van der Waals surface area contributed by atoms with Crippen molar-refractivity contribution in [1.29, 1.82) is 0 Å². The maximum atomic E-state index is 12.8. The van der Waals surface area contributed by atoms with E-state index in [-0.39, 0.29) is 17.7 Å². The highest BCUT2D eigenvalue weighted by Crippen LogP contribution is 2.20. The van der Waals surface area contributed by atoms with Crippen LogP contribution >= 0.6 is 0 Å². The molecule has 2 aromatic heterocycles. The summed E-state index contributed by atoms with van der Waals surface area (Å²) in [6, 6.07) is 5.64. The fourth-order valence-electron chi connectivity index (χ4n) is 3.31. The van der Waals surface area contributed by atoms with E-state index in [9.17, 15) is 9.59 Å². The summed E-state index contributed by atoms with van der Waals surface area (Å²) in [7, 11) is 0. The molecule has 2 aromatic rings. The van der Waals surface area contributed by atoms with Crippen LogP contribution < -0.4 is 5.32 Å². The topological polar surface area (TPSA) is 88.1 Å². The molecule has 27 heavy (non-hydrogen) atoms. The molecule has 7 nitrogen and oxygen atoms in total. The lowest BCUT2D eigenvalue weighted by molar-refractivity contribution is -0.126. The lowest BCUT2D eigenvalue weighted by Crippen LogP contribution is -2.43. The number of rotatable bonds is 6. The minimum absolute atomic E-state index is 0.0301. The van der Waals surface area contributed by atoms with Crippen LogP contribution in [0, 0.1) is 5.92 Å². The number of hydrogen-bond donors (Lipinski definition) is 1. The van der Waals surface area contributed by atoms with Gasteiger partial charge in [-0.05, 0) is 31.4 Å². The highest BCUT2D eigenvalue weighted by molar-refractivity contribution is 5.95. The molecule has 0 aromatic carbocycles. The highest BCUT2D eigenvalue weighted by Gasteiger charge is 2.28. The number of piperidine rings is 1. The number of carbonyl (C=O) groups is 2. The molecule has 3 heterocycles. The maximum Gasteiger partial charge on any atom is 0.257 e. The third-order valence-corrected chi connectivity index (χ3v) is 4.83. The Balaban J connectivity index is 1.52. The fourth-order valence-corrected chi connectivity index (χ4v) is 3.31. The van der Waals surface area contributed by atoms with Gasteiger partial charge in [-0.2, -0.15) is 0 Å². The SMILES string of the molecule is CCCc1ncncc1C(=O)N1CCC(C(=O)NCc2ccccn2)CC1. The summed E-state index contributed by atoms with van der Waals surface area (Å²) in [6.07, 6.45) is 7.82. The van der Waals surface area contributed by atoms with Crippen molar-refractivity contribution in [3.8, 4) is 0 Å². The molecule has 0 aliphatic carbocycles. The van der Waals surface area contributed by atoms with Crippen molar-refractivity contribution in [3.63, 3.8) is 0 Å². The van der Waals surface area contributed by atoms with E-state index in [4.69, 9.17) is 0 Å². The normalized spacial score (nSPS) is 14.8. The second-order valence-corrected chi connectivity index (χ2v) is 6.74. The van der Waals surface area contributed by atoms with Gasteiger partial charge in [0.05, 0.1) is 23.5 Å². The Kier molecular flexibility index (Phi) is 6.46. The van der Waals surface area contributed by atoms with Crippen molar-refractivity contribution in [2.24, 2.45) is 5.92 Å². The molecule has 1 N–H and O–H groups in total. The molecular formula is C20H25N5O2. The van der Waals surface area contributed by atoms with Crippen LogP contribution in [0.25, 0.3) is 0 Å². The van der Waals surface area contributed by atoms with Crippen molar-refractivity contribution < 1.29 is 9.59 Å². The predicted octanol–water partition coefficient (Wildman–Crippen LogP) is 1.99. The molecule has 0 atom stereocenters. The summed E-state index contributed by atoms with van der Waals surface area (Å²) in [4.78, 5) is 39.5. The Hall–Kier alpha value is -2.83. The van der Waals surface area contributed by atoms with Gasteiger partial charge in [0, 0.05) is 31.4 Å². The molecule has 1 fully saturated rings. The van der Waals surface area contributed by atoms with E-state index in [0.717, 1.165) is 24.2 Å². The number of aryl methyl sites for hydroxylation is 1. The molecule has 2 amide bonds. The van der Waals surface area contributed by atoms with Crippen molar-refractivity contribution in [2.75, 3.05) is 13.1 Å². The van der Waals surface area contributed by atoms with Crippen LogP contribution in [0.4, 0.5) is 0 Å². The number of carbonyl (C=O) groups excluding carboxylic acids is 2. The minimum Gasteiger partial charge on any atom is -0.350 e. The number of pyridine rings is 1. The summed E-state index contributed by atoms with van der Waals surface area (Å²) >= 11 is 0. The van der Waals surface area contributed by atoms with E-state index in [0.29, 0.717) is 38.0 Å². The Morgan fingerprint density at radius 2 is 2.04 bits per heavy atom. The zero-order chi connectivity index (χ0) is 19.1. The maximum absolute atomic E-state index is 12.8. The molecule has 0 saturated carbocycles. The van der Waals surface area contributed by atoms with E-state index < -0.39 is 0 Å². The Bertz CT molecular complexity index is 773. The second-order valence-electron chi connectivity index (χ2n) is 6.74. The van der Waals surface area contributed by atoms with Crippen LogP contribution in [0.15, 0.2) is 36.9 Å². The zero-order valence-electron chi connectivity index (χ0n) is 15.6. The minimum atomic E-state index is -0.0695. The van der Waals surface area contributed by atoms with Gasteiger partial charge in [-0.15, -0.1) is 0 Å². The van der Waals surface area contributed by atoms with E-state index in [1.54, 1.807) is 17.3 Å². The van der Waals surface area contributed by atoms with Gasteiger partial charge >= 0.3 is 0 Å². The van der Waals surface area contributed by atoms with Crippen LogP contribution in [0.5, 0.6) is 0 Å². The van der Waals surface area contributed by atoms with E-state index >= 15 is 0 Å². The largest absolute Gasteiger partial charge is 0.350 e. The molecule has 1 aliphatic rings. The molecule has 0 bridgehead atoms. The monoisotopic (exact) mass is 367 g/mol. The van der Waals surface area contributed by atoms with Crippen LogP contribution in [-0.4, -0.2) is 44.8 Å². The zero-order valence-corrected chi connectivity index (χ0v) is 15.6. The van der Waals surface area contributed by atoms with Crippen molar-refractivity contribution in [2.45, 2.75) is 39.2 Å². The standard InChI is InChI=1S/C20H25N5O2/c1-2-5-18-17(13-21-14-24-18)20(27)25-10-7-15(8-11-25)19(26)23-12-16-6-3-4-9-22-16/h3-4,6,9,13-15H,2,5,7-8,10-12H2,1H3,(H,23,26). The number of amides is 2. The highest BCUT2D eigenvalue weighted by atomic mass is 16.2. The lowest BCUT2D eigenvalue weighted by Gasteiger charge is -2.31. The lowest BCUT2D eigenvalue weighted by atomic mass is 9.95. The van der Waals surface area contributed by atoms with E-state index in [1.165, 1.54) is 6.33 Å². The molecule has 3 rings (SSSR count). The van der Waals surface area contributed by atoms with Gasteiger partial charge in [0.25, 0.3) is 5.91 Å². The first-order valence-electron chi connectivity index (χ1n) is 9.44. The van der Waals surface area contributed by atoms with Gasteiger partial charge in [0.15, 0.2) is 0 Å². The Labute approximate surface area is 159 Å². The molecule has 0 spiro atoms. The summed E-state index contributed by atoms with van der Waals surface area (Å²) in [5, 5.41) is 2.95. The van der Waals surface area contributed by atoms with Crippen molar-refractivity contribution in [1.82, 2.24) is 25.2 Å². The number of aromatic nitrogens is 3. The summed E-state index contributed by atoms with van der Waals surface area (Å²) < 4.78 is 0. The van der Waals surface area contributed by atoms with Gasteiger partial charge in [-0.1, -0.05) is 19.4 Å². The van der Waals surface area contributed by atoms with Gasteiger partial charge in [0.2, 0.25) is 5.91 Å². The van der Waals surface area contributed by atoms with Crippen molar-refractivity contribution in [3.05, 3.63) is 53.9 Å². The number of hydrogen-bond acceptors (Lipinski definition) is 5. The molecule has 1 saturated heterocycles. The van der Waals surface area contributed by atoms with Gasteiger partial charge in [-0.25, -0.2) is 9.97 Å². The molecule has 1 aliphatic heterocycles. The van der Waals surface area contributed by atoms with Gasteiger partial charge < -0.3 is 10.2 Å². The van der Waals surface area contributed by atoms with Crippen LogP contribution in [-0.2, 0) is 17.8 Å². The van der Waals surface area contributed by atoms with Crippen LogP contribution in [0.1, 0.15) is 47.9 Å². The molecule has 0 radical (unpaired) electrons. The molecule has 0 unspecified atom stereocenters. The third kappa shape index (κ3) is 4.87. The molecule has 7 heteroatoms. The Morgan fingerprint density at radius 3 is 2.74 bits per heavy atom. The average molecular weight is 367 g/mol. The first kappa shape index (κ1) is 18.9. The Morgan fingerprint density at radius 1 is 1.22 bits per heavy atom. The fraction of sp³-hybridized carbons (Fsp3) is 0.450. The summed E-state index contributed by atoms with van der Waals surface area (Å²) in [6.45, 7) is 3.63. The van der Waals surface area contributed by atoms with E-state index in [1.807, 2.05) is 18.2 Å². The first-order chi connectivity index (χ1) is 13.2. The second kappa shape index (κ2) is 9.21. The number of likely N-dealkylation sites (tertiary alicyclic amines) is 1. The number of nitrogens with zero attached hydrogens (tertiary/aromatic N) is 4.